The van der Waals surface area contributed by atoms with Gasteiger partial charge in [0.05, 0.1) is 12.4 Å². The van der Waals surface area contributed by atoms with Crippen LogP contribution < -0.4 is 0 Å². The Balaban J connectivity index is 2.22. The zero-order chi connectivity index (χ0) is 12.5. The Kier molecular flexibility index (Phi) is 2.99. The van der Waals surface area contributed by atoms with Crippen molar-refractivity contribution in [2.75, 3.05) is 7.05 Å². The minimum atomic E-state index is -3.49. The zero-order valence-corrected chi connectivity index (χ0v) is 10.3. The van der Waals surface area contributed by atoms with Crippen molar-refractivity contribution in [3.8, 4) is 0 Å². The highest BCUT2D eigenvalue weighted by Crippen LogP contribution is 2.15. The van der Waals surface area contributed by atoms with E-state index in [1.54, 1.807) is 6.20 Å². The van der Waals surface area contributed by atoms with Crippen LogP contribution in [0.4, 0.5) is 0 Å². The van der Waals surface area contributed by atoms with Gasteiger partial charge in [-0.2, -0.15) is 14.5 Å². The molecule has 0 radical (unpaired) electrons. The number of H-pyrrole nitrogens is 2. The number of aromatic amines is 2. The van der Waals surface area contributed by atoms with E-state index in [0.29, 0.717) is 0 Å². The maximum atomic E-state index is 12.1. The quantitative estimate of drug-likeness (QED) is 0.819. The van der Waals surface area contributed by atoms with Crippen molar-refractivity contribution in [2.24, 2.45) is 0 Å². The minimum absolute atomic E-state index is 0.154. The first-order chi connectivity index (χ1) is 8.01. The molecule has 0 aliphatic heterocycles. The Hall–Kier alpha value is -1.67. The fourth-order valence-corrected chi connectivity index (χ4v) is 2.48. The molecule has 0 fully saturated rings. The Morgan fingerprint density at radius 1 is 1.35 bits per heavy atom. The van der Waals surface area contributed by atoms with E-state index < -0.39 is 10.0 Å². The summed E-state index contributed by atoms with van der Waals surface area (Å²) in [5.41, 5.74) is 1.71. The highest BCUT2D eigenvalue weighted by Gasteiger charge is 2.22. The SMILES string of the molecule is Cc1[nH]ncc1CN(C)S(=O)(=O)c1cn[nH]c1. The third kappa shape index (κ3) is 2.22. The molecule has 7 nitrogen and oxygen atoms in total. The molecule has 8 heteroatoms. The summed E-state index contributed by atoms with van der Waals surface area (Å²) in [6.45, 7) is 2.12. The highest BCUT2D eigenvalue weighted by molar-refractivity contribution is 7.89. The summed E-state index contributed by atoms with van der Waals surface area (Å²) in [4.78, 5) is 0.154. The van der Waals surface area contributed by atoms with Gasteiger partial charge in [0.2, 0.25) is 10.0 Å². The monoisotopic (exact) mass is 255 g/mol. The number of hydrogen-bond acceptors (Lipinski definition) is 4. The van der Waals surface area contributed by atoms with Crippen molar-refractivity contribution in [1.82, 2.24) is 24.7 Å². The third-order valence-electron chi connectivity index (χ3n) is 2.51. The van der Waals surface area contributed by atoms with E-state index in [0.717, 1.165) is 11.3 Å². The minimum Gasteiger partial charge on any atom is -0.284 e. The number of aryl methyl sites for hydroxylation is 1. The Morgan fingerprint density at radius 3 is 2.65 bits per heavy atom. The lowest BCUT2D eigenvalue weighted by Gasteiger charge is -2.15. The third-order valence-corrected chi connectivity index (χ3v) is 4.28. The predicted molar refractivity (Wildman–Crippen MR) is 60.6 cm³/mol. The zero-order valence-electron chi connectivity index (χ0n) is 9.51. The van der Waals surface area contributed by atoms with Gasteiger partial charge >= 0.3 is 0 Å². The Bertz CT molecular complexity index is 587. The maximum Gasteiger partial charge on any atom is 0.246 e. The van der Waals surface area contributed by atoms with Gasteiger partial charge in [-0.15, -0.1) is 0 Å². The molecule has 2 rings (SSSR count). The van der Waals surface area contributed by atoms with Crippen molar-refractivity contribution in [3.05, 3.63) is 29.8 Å². The molecule has 0 amide bonds. The molecule has 2 aromatic heterocycles. The van der Waals surface area contributed by atoms with Crippen LogP contribution in [0.2, 0.25) is 0 Å². The molecule has 0 bridgehead atoms. The second-order valence-corrected chi connectivity index (χ2v) is 5.76. The van der Waals surface area contributed by atoms with Crippen LogP contribution >= 0.6 is 0 Å². The van der Waals surface area contributed by atoms with Gasteiger partial charge in [-0.05, 0) is 6.92 Å². The molecular weight excluding hydrogens is 242 g/mol. The van der Waals surface area contributed by atoms with Crippen LogP contribution in [-0.4, -0.2) is 40.2 Å². The van der Waals surface area contributed by atoms with Crippen LogP contribution in [-0.2, 0) is 16.6 Å². The van der Waals surface area contributed by atoms with Gasteiger partial charge in [-0.3, -0.25) is 10.2 Å². The molecule has 0 unspecified atom stereocenters. The lowest BCUT2D eigenvalue weighted by atomic mass is 10.3. The van der Waals surface area contributed by atoms with E-state index in [9.17, 15) is 8.42 Å². The highest BCUT2D eigenvalue weighted by atomic mass is 32.2. The smallest absolute Gasteiger partial charge is 0.246 e. The average molecular weight is 255 g/mol. The van der Waals surface area contributed by atoms with Crippen molar-refractivity contribution in [1.29, 1.82) is 0 Å². The van der Waals surface area contributed by atoms with E-state index in [2.05, 4.69) is 20.4 Å². The molecule has 2 aromatic rings. The number of aromatic nitrogens is 4. The van der Waals surface area contributed by atoms with E-state index in [1.807, 2.05) is 6.92 Å². The van der Waals surface area contributed by atoms with Gasteiger partial charge in [0.15, 0.2) is 0 Å². The topological polar surface area (TPSA) is 94.7 Å². The van der Waals surface area contributed by atoms with Crippen LogP contribution in [0.5, 0.6) is 0 Å². The molecular formula is C9H13N5O2S. The summed E-state index contributed by atoms with van der Waals surface area (Å²) in [5.74, 6) is 0. The Morgan fingerprint density at radius 2 is 2.12 bits per heavy atom. The Labute approximate surface area is 98.9 Å². The molecule has 0 saturated heterocycles. The van der Waals surface area contributed by atoms with Gasteiger partial charge in [-0.25, -0.2) is 8.42 Å². The van der Waals surface area contributed by atoms with E-state index >= 15 is 0 Å². The summed E-state index contributed by atoms with van der Waals surface area (Å²) in [6.07, 6.45) is 4.26. The predicted octanol–water partition coefficient (Wildman–Crippen LogP) is 0.262. The second-order valence-electron chi connectivity index (χ2n) is 3.72. The van der Waals surface area contributed by atoms with Gasteiger partial charge in [0, 0.05) is 31.0 Å². The number of hydrogen-bond donors (Lipinski definition) is 2. The number of nitrogens with zero attached hydrogens (tertiary/aromatic N) is 3. The lowest BCUT2D eigenvalue weighted by Crippen LogP contribution is -2.26. The fraction of sp³-hybridized carbons (Fsp3) is 0.333. The largest absolute Gasteiger partial charge is 0.284 e. The van der Waals surface area contributed by atoms with Gasteiger partial charge < -0.3 is 0 Å². The molecule has 0 aliphatic carbocycles. The first kappa shape index (κ1) is 11.8. The first-order valence-corrected chi connectivity index (χ1v) is 6.40. The summed E-state index contributed by atoms with van der Waals surface area (Å²) in [6, 6.07) is 0. The molecule has 92 valence electrons. The van der Waals surface area contributed by atoms with Crippen molar-refractivity contribution >= 4 is 10.0 Å². The molecule has 0 atom stereocenters. The van der Waals surface area contributed by atoms with Crippen molar-refractivity contribution in [2.45, 2.75) is 18.4 Å². The standard InChI is InChI=1S/C9H13N5O2S/c1-7-8(3-12-13-7)6-14(2)17(15,16)9-4-10-11-5-9/h3-5H,6H2,1-2H3,(H,10,11)(H,12,13). The molecule has 0 aliphatic rings. The summed E-state index contributed by atoms with van der Waals surface area (Å²) < 4.78 is 25.4. The van der Waals surface area contributed by atoms with Crippen LogP contribution in [0.25, 0.3) is 0 Å². The van der Waals surface area contributed by atoms with E-state index in [4.69, 9.17) is 0 Å². The second kappa shape index (κ2) is 4.30. The van der Waals surface area contributed by atoms with E-state index in [-0.39, 0.29) is 11.4 Å². The number of nitrogens with one attached hydrogen (secondary N) is 2. The summed E-state index contributed by atoms with van der Waals surface area (Å²) >= 11 is 0. The number of sulfonamides is 1. The van der Waals surface area contributed by atoms with Gasteiger partial charge in [0.25, 0.3) is 0 Å². The van der Waals surface area contributed by atoms with E-state index in [1.165, 1.54) is 23.7 Å². The van der Waals surface area contributed by atoms with Crippen molar-refractivity contribution in [3.63, 3.8) is 0 Å². The van der Waals surface area contributed by atoms with Crippen LogP contribution in [0.3, 0.4) is 0 Å². The molecule has 2 heterocycles. The molecule has 2 N–H and O–H groups in total. The van der Waals surface area contributed by atoms with Gasteiger partial charge in [0.1, 0.15) is 4.90 Å². The molecule has 17 heavy (non-hydrogen) atoms. The molecule has 0 spiro atoms. The molecule has 0 aromatic carbocycles. The van der Waals surface area contributed by atoms with Crippen LogP contribution in [0, 0.1) is 6.92 Å². The average Bonchev–Trinajstić information content (AvgIpc) is 2.90. The van der Waals surface area contributed by atoms with Gasteiger partial charge in [-0.1, -0.05) is 0 Å². The normalized spacial score (nSPS) is 12.2. The van der Waals surface area contributed by atoms with Crippen LogP contribution in [0.1, 0.15) is 11.3 Å². The maximum absolute atomic E-state index is 12.1. The summed E-state index contributed by atoms with van der Waals surface area (Å²) in [7, 11) is -1.97. The fourth-order valence-electron chi connectivity index (χ4n) is 1.42. The molecule has 0 saturated carbocycles. The lowest BCUT2D eigenvalue weighted by molar-refractivity contribution is 0.466. The van der Waals surface area contributed by atoms with Crippen LogP contribution in [0.15, 0.2) is 23.5 Å². The first-order valence-electron chi connectivity index (χ1n) is 4.96. The van der Waals surface area contributed by atoms with Crippen molar-refractivity contribution < 1.29 is 8.42 Å². The summed E-state index contributed by atoms with van der Waals surface area (Å²) in [5, 5.41) is 12.7. The number of rotatable bonds is 4.